The molecule has 140 valence electrons. The number of hydrogen-bond acceptors (Lipinski definition) is 3. The van der Waals surface area contributed by atoms with E-state index in [1.807, 2.05) is 6.07 Å². The van der Waals surface area contributed by atoms with Crippen LogP contribution in [-0.4, -0.2) is 18.1 Å². The van der Waals surface area contributed by atoms with Gasteiger partial charge in [-0.05, 0) is 87.2 Å². The van der Waals surface area contributed by atoms with Crippen molar-refractivity contribution in [1.29, 1.82) is 0 Å². The van der Waals surface area contributed by atoms with Gasteiger partial charge < -0.3 is 10.1 Å². The number of halogens is 1. The van der Waals surface area contributed by atoms with Crippen molar-refractivity contribution in [3.8, 4) is 16.9 Å². The molecule has 1 aliphatic rings. The van der Waals surface area contributed by atoms with Crippen molar-refractivity contribution in [2.75, 3.05) is 12.4 Å². The van der Waals surface area contributed by atoms with Gasteiger partial charge in [0.25, 0.3) is 5.91 Å². The molecule has 0 heterocycles. The van der Waals surface area contributed by atoms with Crippen molar-refractivity contribution in [3.63, 3.8) is 0 Å². The number of hydrogen-bond donors (Lipinski definition) is 2. The summed E-state index contributed by atoms with van der Waals surface area (Å²) in [6.45, 7) is 0. The Balaban J connectivity index is 1.44. The number of methoxy groups -OCH3 is 1. The van der Waals surface area contributed by atoms with Crippen LogP contribution in [0.2, 0.25) is 0 Å². The Kier molecular flexibility index (Phi) is 5.15. The summed E-state index contributed by atoms with van der Waals surface area (Å²) in [5.41, 5.74) is 6.45. The Labute approximate surface area is 177 Å². The third-order valence-corrected chi connectivity index (χ3v) is 5.52. The molecular weight excluding hydrogens is 436 g/mol. The average Bonchev–Trinajstić information content (AvgIpc) is 3.05. The lowest BCUT2D eigenvalue weighted by molar-refractivity contribution is 0.0977. The van der Waals surface area contributed by atoms with Gasteiger partial charge in [-0.1, -0.05) is 30.3 Å². The van der Waals surface area contributed by atoms with E-state index >= 15 is 0 Å². The van der Waals surface area contributed by atoms with Crippen LogP contribution in [-0.2, 0) is 6.42 Å². The summed E-state index contributed by atoms with van der Waals surface area (Å²) in [5, 5.41) is 6.07. The van der Waals surface area contributed by atoms with E-state index in [1.165, 1.54) is 22.3 Å². The maximum absolute atomic E-state index is 12.4. The second kappa shape index (κ2) is 7.73. The number of ether oxygens (including phenoxy) is 1. The van der Waals surface area contributed by atoms with Crippen LogP contribution in [0.25, 0.3) is 11.1 Å². The molecule has 0 bridgehead atoms. The van der Waals surface area contributed by atoms with Gasteiger partial charge in [0.15, 0.2) is 5.11 Å². The number of thiocarbonyl (C=S) groups is 1. The van der Waals surface area contributed by atoms with Crippen LogP contribution in [0.3, 0.4) is 0 Å². The topological polar surface area (TPSA) is 50.4 Å². The van der Waals surface area contributed by atoms with Crippen LogP contribution >= 0.6 is 28.1 Å². The number of anilines is 1. The molecule has 4 rings (SSSR count). The molecule has 0 spiro atoms. The highest BCUT2D eigenvalue weighted by molar-refractivity contribution is 9.10. The van der Waals surface area contributed by atoms with Gasteiger partial charge in [0.1, 0.15) is 5.75 Å². The van der Waals surface area contributed by atoms with Crippen molar-refractivity contribution in [3.05, 3.63) is 81.8 Å². The summed E-state index contributed by atoms with van der Waals surface area (Å²) >= 11 is 8.69. The van der Waals surface area contributed by atoms with Crippen molar-refractivity contribution in [2.24, 2.45) is 0 Å². The molecule has 1 aliphatic carbocycles. The highest BCUT2D eigenvalue weighted by atomic mass is 79.9. The lowest BCUT2D eigenvalue weighted by Gasteiger charge is -2.12. The maximum atomic E-state index is 12.4. The first-order valence-corrected chi connectivity index (χ1v) is 9.92. The number of benzene rings is 3. The van der Waals surface area contributed by atoms with E-state index in [-0.39, 0.29) is 11.0 Å². The van der Waals surface area contributed by atoms with Crippen molar-refractivity contribution < 1.29 is 9.53 Å². The van der Waals surface area contributed by atoms with Crippen LogP contribution in [0.4, 0.5) is 5.69 Å². The largest absolute Gasteiger partial charge is 0.496 e. The Bertz CT molecular complexity index is 1100. The average molecular weight is 453 g/mol. The molecular formula is C22H17BrN2O2S. The molecule has 0 radical (unpaired) electrons. The predicted molar refractivity (Wildman–Crippen MR) is 119 cm³/mol. The van der Waals surface area contributed by atoms with E-state index in [1.54, 1.807) is 25.3 Å². The highest BCUT2D eigenvalue weighted by Crippen LogP contribution is 2.37. The summed E-state index contributed by atoms with van der Waals surface area (Å²) in [4.78, 5) is 12.4. The summed E-state index contributed by atoms with van der Waals surface area (Å²) in [7, 11) is 1.58. The van der Waals surface area contributed by atoms with Crippen molar-refractivity contribution in [1.82, 2.24) is 5.32 Å². The normalized spacial score (nSPS) is 11.4. The van der Waals surface area contributed by atoms with Crippen LogP contribution in [0, 0.1) is 0 Å². The first-order chi connectivity index (χ1) is 13.5. The van der Waals surface area contributed by atoms with Gasteiger partial charge in [-0.2, -0.15) is 0 Å². The lowest BCUT2D eigenvalue weighted by Crippen LogP contribution is -2.34. The minimum absolute atomic E-state index is 0.257. The molecule has 2 N–H and O–H groups in total. The van der Waals surface area contributed by atoms with Gasteiger partial charge in [-0.15, -0.1) is 0 Å². The number of rotatable bonds is 3. The smallest absolute Gasteiger partial charge is 0.257 e. The fourth-order valence-corrected chi connectivity index (χ4v) is 4.12. The maximum Gasteiger partial charge on any atom is 0.257 e. The highest BCUT2D eigenvalue weighted by Gasteiger charge is 2.18. The number of nitrogens with one attached hydrogen (secondary N) is 2. The molecule has 3 aromatic carbocycles. The zero-order chi connectivity index (χ0) is 19.7. The van der Waals surface area contributed by atoms with Crippen LogP contribution < -0.4 is 15.4 Å². The van der Waals surface area contributed by atoms with Crippen molar-refractivity contribution in [2.45, 2.75) is 6.42 Å². The molecule has 4 nitrogen and oxygen atoms in total. The van der Waals surface area contributed by atoms with Gasteiger partial charge in [0.05, 0.1) is 11.6 Å². The molecule has 0 aromatic heterocycles. The van der Waals surface area contributed by atoms with Gasteiger partial charge in [0, 0.05) is 11.3 Å². The van der Waals surface area contributed by atoms with E-state index in [0.717, 1.165) is 12.1 Å². The minimum atomic E-state index is -0.283. The van der Waals surface area contributed by atoms with Crippen LogP contribution in [0.5, 0.6) is 5.75 Å². The Morgan fingerprint density at radius 3 is 2.61 bits per heavy atom. The third kappa shape index (κ3) is 3.66. The number of fused-ring (bicyclic) bond motifs is 3. The fraction of sp³-hybridized carbons (Fsp3) is 0.0909. The fourth-order valence-electron chi connectivity index (χ4n) is 3.37. The summed E-state index contributed by atoms with van der Waals surface area (Å²) in [5.74, 6) is 0.380. The molecule has 0 aliphatic heterocycles. The quantitative estimate of drug-likeness (QED) is 0.421. The number of carbonyl (C=O) groups is 1. The van der Waals surface area contributed by atoms with Crippen molar-refractivity contribution >= 4 is 44.9 Å². The molecule has 3 aromatic rings. The lowest BCUT2D eigenvalue weighted by atomic mass is 10.1. The summed E-state index contributed by atoms with van der Waals surface area (Å²) < 4.78 is 5.89. The molecule has 0 atom stereocenters. The Morgan fingerprint density at radius 2 is 1.82 bits per heavy atom. The number of amides is 1. The Morgan fingerprint density at radius 1 is 1.04 bits per heavy atom. The van der Waals surface area contributed by atoms with Gasteiger partial charge in [-0.25, -0.2) is 0 Å². The van der Waals surface area contributed by atoms with E-state index in [9.17, 15) is 4.79 Å². The number of carbonyl (C=O) groups excluding carboxylic acids is 1. The molecule has 0 fully saturated rings. The first kappa shape index (κ1) is 18.7. The molecule has 28 heavy (non-hydrogen) atoms. The first-order valence-electron chi connectivity index (χ1n) is 8.72. The molecule has 0 unspecified atom stereocenters. The van der Waals surface area contributed by atoms with Gasteiger partial charge in [-0.3, -0.25) is 10.1 Å². The van der Waals surface area contributed by atoms with E-state index < -0.39 is 0 Å². The zero-order valence-corrected chi connectivity index (χ0v) is 17.5. The Hall–Kier alpha value is -2.70. The second-order valence-electron chi connectivity index (χ2n) is 6.46. The standard InChI is InChI=1S/C22H17BrN2O2S/c1-27-20-9-6-14(12-19(20)23)21(26)25-22(28)24-16-7-8-18-15(11-16)10-13-4-2-3-5-17(13)18/h2-9,11-12H,10H2,1H3,(H2,24,25,26,28). The van der Waals surface area contributed by atoms with Crippen LogP contribution in [0.1, 0.15) is 21.5 Å². The summed E-state index contributed by atoms with van der Waals surface area (Å²) in [6.07, 6.45) is 0.903. The second-order valence-corrected chi connectivity index (χ2v) is 7.73. The summed E-state index contributed by atoms with van der Waals surface area (Å²) in [6, 6.07) is 19.7. The minimum Gasteiger partial charge on any atom is -0.496 e. The predicted octanol–water partition coefficient (Wildman–Crippen LogP) is 5.16. The van der Waals surface area contributed by atoms with Crippen LogP contribution in [0.15, 0.2) is 65.1 Å². The molecule has 0 saturated carbocycles. The zero-order valence-electron chi connectivity index (χ0n) is 15.1. The van der Waals surface area contributed by atoms with E-state index in [0.29, 0.717) is 15.8 Å². The monoisotopic (exact) mass is 452 g/mol. The van der Waals surface area contributed by atoms with E-state index in [2.05, 4.69) is 63.0 Å². The SMILES string of the molecule is COc1ccc(C(=O)NC(=S)Nc2ccc3c(c2)Cc2ccccc2-3)cc1Br. The van der Waals surface area contributed by atoms with Gasteiger partial charge >= 0.3 is 0 Å². The molecule has 6 heteroatoms. The third-order valence-electron chi connectivity index (χ3n) is 4.69. The van der Waals surface area contributed by atoms with E-state index in [4.69, 9.17) is 17.0 Å². The van der Waals surface area contributed by atoms with Gasteiger partial charge in [0.2, 0.25) is 0 Å². The molecule has 1 amide bonds. The molecule has 0 saturated heterocycles.